The maximum atomic E-state index is 12.9. The molecule has 0 spiro atoms. The molecular weight excluding hydrogens is 345 g/mol. The molecule has 1 amide bonds. The third kappa shape index (κ3) is 3.66. The normalized spacial score (nSPS) is 18.1. The lowest BCUT2D eigenvalue weighted by Gasteiger charge is -2.28. The van der Waals surface area contributed by atoms with Gasteiger partial charge < -0.3 is 9.88 Å². The molecule has 2 aromatic rings. The Hall–Kier alpha value is -2.57. The Bertz CT molecular complexity index is 874. The van der Waals surface area contributed by atoms with Gasteiger partial charge >= 0.3 is 6.18 Å². The second kappa shape index (κ2) is 6.97. The molecule has 0 saturated heterocycles. The van der Waals surface area contributed by atoms with Crippen molar-refractivity contribution < 1.29 is 18.0 Å². The molecule has 0 radical (unpaired) electrons. The molecule has 0 saturated carbocycles. The van der Waals surface area contributed by atoms with E-state index in [4.69, 9.17) is 0 Å². The molecule has 2 atom stereocenters. The second-order valence-electron chi connectivity index (χ2n) is 6.49. The van der Waals surface area contributed by atoms with Crippen molar-refractivity contribution in [2.75, 3.05) is 0 Å². The number of fused-ring (bicyclic) bond motifs is 1. The standard InChI is InChI=1S/C19H19F3N2O2/c1-12(24-11-14(19(20,21)22)9-10-17(24)25)18(26)23-16-8-4-6-13-5-2-3-7-15(13)16/h2-3,5,7,9-12,16H,4,6,8H2,1H3,(H,23,26). The molecule has 0 fully saturated rings. The van der Waals surface area contributed by atoms with Crippen LogP contribution in [0.15, 0.2) is 47.4 Å². The van der Waals surface area contributed by atoms with Gasteiger partial charge in [-0.25, -0.2) is 0 Å². The Kier molecular flexibility index (Phi) is 4.89. The van der Waals surface area contributed by atoms with Crippen LogP contribution in [0.2, 0.25) is 0 Å². The van der Waals surface area contributed by atoms with Crippen LogP contribution in [0, 0.1) is 0 Å². The van der Waals surface area contributed by atoms with Crippen molar-refractivity contribution in [1.29, 1.82) is 0 Å². The summed E-state index contributed by atoms with van der Waals surface area (Å²) >= 11 is 0. The van der Waals surface area contributed by atoms with Crippen molar-refractivity contribution in [3.8, 4) is 0 Å². The van der Waals surface area contributed by atoms with E-state index in [9.17, 15) is 22.8 Å². The van der Waals surface area contributed by atoms with Gasteiger partial charge in [0.25, 0.3) is 5.56 Å². The fraction of sp³-hybridized carbons (Fsp3) is 0.368. The summed E-state index contributed by atoms with van der Waals surface area (Å²) in [5.74, 6) is -0.479. The molecule has 4 nitrogen and oxygen atoms in total. The van der Waals surface area contributed by atoms with Gasteiger partial charge in [0.05, 0.1) is 11.6 Å². The van der Waals surface area contributed by atoms with Gasteiger partial charge in [0.15, 0.2) is 0 Å². The van der Waals surface area contributed by atoms with E-state index in [1.165, 1.54) is 6.92 Å². The number of halogens is 3. The average Bonchev–Trinajstić information content (AvgIpc) is 2.61. The minimum Gasteiger partial charge on any atom is -0.347 e. The summed E-state index contributed by atoms with van der Waals surface area (Å²) in [6.45, 7) is 1.42. The molecule has 2 unspecified atom stereocenters. The summed E-state index contributed by atoms with van der Waals surface area (Å²) < 4.78 is 39.5. The fourth-order valence-electron chi connectivity index (χ4n) is 3.30. The monoisotopic (exact) mass is 364 g/mol. The maximum absolute atomic E-state index is 12.9. The van der Waals surface area contributed by atoms with E-state index in [-0.39, 0.29) is 6.04 Å². The van der Waals surface area contributed by atoms with Gasteiger partial charge in [-0.15, -0.1) is 0 Å². The Morgan fingerprint density at radius 2 is 1.96 bits per heavy atom. The highest BCUT2D eigenvalue weighted by molar-refractivity contribution is 5.80. The van der Waals surface area contributed by atoms with E-state index in [1.807, 2.05) is 24.3 Å². The lowest BCUT2D eigenvalue weighted by Crippen LogP contribution is -2.38. The summed E-state index contributed by atoms with van der Waals surface area (Å²) in [5.41, 5.74) is 0.577. The molecule has 3 rings (SSSR count). The molecule has 1 heterocycles. The Morgan fingerprint density at radius 3 is 2.69 bits per heavy atom. The maximum Gasteiger partial charge on any atom is 0.417 e. The van der Waals surface area contributed by atoms with Crippen LogP contribution in [0.1, 0.15) is 48.5 Å². The number of hydrogen-bond acceptors (Lipinski definition) is 2. The SMILES string of the molecule is CC(C(=O)NC1CCCc2ccccc21)n1cc(C(F)(F)F)ccc1=O. The topological polar surface area (TPSA) is 51.1 Å². The van der Waals surface area contributed by atoms with Crippen molar-refractivity contribution in [2.24, 2.45) is 0 Å². The molecule has 1 aliphatic rings. The molecule has 1 aromatic carbocycles. The van der Waals surface area contributed by atoms with E-state index in [2.05, 4.69) is 5.32 Å². The number of hydrogen-bond donors (Lipinski definition) is 1. The number of carbonyl (C=O) groups is 1. The van der Waals surface area contributed by atoms with Crippen molar-refractivity contribution in [3.63, 3.8) is 0 Å². The largest absolute Gasteiger partial charge is 0.417 e. The van der Waals surface area contributed by atoms with Crippen LogP contribution in [-0.4, -0.2) is 10.5 Å². The summed E-state index contributed by atoms with van der Waals surface area (Å²) in [7, 11) is 0. The fourth-order valence-corrected chi connectivity index (χ4v) is 3.30. The summed E-state index contributed by atoms with van der Waals surface area (Å²) in [6, 6.07) is 8.10. The molecule has 138 valence electrons. The van der Waals surface area contributed by atoms with Crippen LogP contribution < -0.4 is 10.9 Å². The average molecular weight is 364 g/mol. The Labute approximate surface area is 148 Å². The number of aryl methyl sites for hydroxylation is 1. The third-order valence-corrected chi connectivity index (χ3v) is 4.75. The van der Waals surface area contributed by atoms with E-state index in [0.717, 1.165) is 47.1 Å². The Morgan fingerprint density at radius 1 is 1.23 bits per heavy atom. The van der Waals surface area contributed by atoms with Gasteiger partial charge in [-0.2, -0.15) is 13.2 Å². The molecule has 0 aliphatic heterocycles. The number of nitrogens with zero attached hydrogens (tertiary/aromatic N) is 1. The first kappa shape index (κ1) is 18.2. The minimum atomic E-state index is -4.58. The molecule has 26 heavy (non-hydrogen) atoms. The summed E-state index contributed by atoms with van der Waals surface area (Å²) in [4.78, 5) is 24.5. The lowest BCUT2D eigenvalue weighted by molar-refractivity contribution is -0.138. The van der Waals surface area contributed by atoms with Crippen molar-refractivity contribution >= 4 is 5.91 Å². The molecule has 7 heteroatoms. The van der Waals surface area contributed by atoms with Gasteiger partial charge in [-0.1, -0.05) is 24.3 Å². The van der Waals surface area contributed by atoms with Crippen LogP contribution in [0.4, 0.5) is 13.2 Å². The molecule has 1 aliphatic carbocycles. The van der Waals surface area contributed by atoms with Gasteiger partial charge in [0.1, 0.15) is 6.04 Å². The van der Waals surface area contributed by atoms with E-state index in [0.29, 0.717) is 6.20 Å². The van der Waals surface area contributed by atoms with Crippen molar-refractivity contribution in [2.45, 2.75) is 44.4 Å². The summed E-state index contributed by atoms with van der Waals surface area (Å²) in [5, 5.41) is 2.88. The van der Waals surface area contributed by atoms with Gasteiger partial charge in [0, 0.05) is 12.3 Å². The number of alkyl halides is 3. The number of benzene rings is 1. The van der Waals surface area contributed by atoms with Crippen LogP contribution in [0.3, 0.4) is 0 Å². The van der Waals surface area contributed by atoms with E-state index in [1.54, 1.807) is 0 Å². The number of amides is 1. The zero-order chi connectivity index (χ0) is 18.9. The van der Waals surface area contributed by atoms with Crippen LogP contribution >= 0.6 is 0 Å². The third-order valence-electron chi connectivity index (χ3n) is 4.75. The number of carbonyl (C=O) groups excluding carboxylic acids is 1. The van der Waals surface area contributed by atoms with E-state index >= 15 is 0 Å². The number of pyridine rings is 1. The first-order valence-electron chi connectivity index (χ1n) is 8.45. The number of rotatable bonds is 3. The van der Waals surface area contributed by atoms with Gasteiger partial charge in [-0.3, -0.25) is 9.59 Å². The smallest absolute Gasteiger partial charge is 0.347 e. The summed E-state index contributed by atoms with van der Waals surface area (Å²) in [6.07, 6.45) is -1.27. The van der Waals surface area contributed by atoms with Crippen LogP contribution in [0.5, 0.6) is 0 Å². The first-order chi connectivity index (χ1) is 12.3. The number of nitrogens with one attached hydrogen (secondary N) is 1. The van der Waals surface area contributed by atoms with Crippen LogP contribution in [0.25, 0.3) is 0 Å². The van der Waals surface area contributed by atoms with Crippen molar-refractivity contribution in [1.82, 2.24) is 9.88 Å². The quantitative estimate of drug-likeness (QED) is 0.904. The van der Waals surface area contributed by atoms with Gasteiger partial charge in [-0.05, 0) is 43.4 Å². The second-order valence-corrected chi connectivity index (χ2v) is 6.49. The first-order valence-corrected chi connectivity index (χ1v) is 8.45. The Balaban J connectivity index is 1.82. The predicted molar refractivity (Wildman–Crippen MR) is 90.7 cm³/mol. The number of aromatic nitrogens is 1. The molecule has 1 N–H and O–H groups in total. The lowest BCUT2D eigenvalue weighted by atomic mass is 9.87. The minimum absolute atomic E-state index is 0.198. The highest BCUT2D eigenvalue weighted by atomic mass is 19.4. The zero-order valence-corrected chi connectivity index (χ0v) is 14.2. The van der Waals surface area contributed by atoms with E-state index < -0.39 is 29.2 Å². The predicted octanol–water partition coefficient (Wildman–Crippen LogP) is 3.62. The highest BCUT2D eigenvalue weighted by Gasteiger charge is 2.32. The highest BCUT2D eigenvalue weighted by Crippen LogP contribution is 2.30. The molecular formula is C19H19F3N2O2. The molecule has 0 bridgehead atoms. The van der Waals surface area contributed by atoms with Crippen molar-refractivity contribution in [3.05, 3.63) is 69.6 Å². The molecule has 1 aromatic heterocycles. The zero-order valence-electron chi connectivity index (χ0n) is 14.2. The van der Waals surface area contributed by atoms with Crippen LogP contribution in [-0.2, 0) is 17.4 Å². The van der Waals surface area contributed by atoms with Gasteiger partial charge in [0.2, 0.25) is 5.91 Å².